The van der Waals surface area contributed by atoms with Gasteiger partial charge in [-0.3, -0.25) is 4.79 Å². The van der Waals surface area contributed by atoms with Gasteiger partial charge in [-0.05, 0) is 51.4 Å². The fourth-order valence-electron chi connectivity index (χ4n) is 8.41. The van der Waals surface area contributed by atoms with Crippen molar-refractivity contribution in [2.75, 3.05) is 13.2 Å². The number of hydrogen-bond donors (Lipinski definition) is 6. The van der Waals surface area contributed by atoms with Crippen LogP contribution in [0.4, 0.5) is 0 Å². The van der Waals surface area contributed by atoms with E-state index in [1.54, 1.807) is 6.08 Å². The van der Waals surface area contributed by atoms with E-state index < -0.39 is 49.5 Å². The number of nitrogens with one attached hydrogen (secondary N) is 1. The molecule has 0 radical (unpaired) electrons. The summed E-state index contributed by atoms with van der Waals surface area (Å²) in [5.74, 6) is -0.206. The molecule has 7 atom stereocenters. The Morgan fingerprint density at radius 2 is 0.969 bits per heavy atom. The van der Waals surface area contributed by atoms with E-state index in [2.05, 4.69) is 55.6 Å². The van der Waals surface area contributed by atoms with Crippen LogP contribution in [0.5, 0.6) is 0 Å². The Bertz CT molecular complexity index is 1140. The molecule has 0 aromatic rings. The summed E-state index contributed by atoms with van der Waals surface area (Å²) in [5.41, 5.74) is 0. The number of unbranched alkanes of at least 4 members (excludes halogenated alkanes) is 29. The van der Waals surface area contributed by atoms with Crippen LogP contribution in [0.15, 0.2) is 48.6 Å². The summed E-state index contributed by atoms with van der Waals surface area (Å²) >= 11 is 0. The first-order chi connectivity index (χ1) is 31.3. The van der Waals surface area contributed by atoms with Gasteiger partial charge in [-0.15, -0.1) is 0 Å². The van der Waals surface area contributed by atoms with Crippen LogP contribution in [-0.2, 0) is 14.3 Å². The molecule has 1 saturated heterocycles. The van der Waals surface area contributed by atoms with E-state index in [1.165, 1.54) is 154 Å². The summed E-state index contributed by atoms with van der Waals surface area (Å²) in [6, 6.07) is -0.821. The van der Waals surface area contributed by atoms with Crippen molar-refractivity contribution in [3.05, 3.63) is 48.6 Å². The normalized spacial score (nSPS) is 20.4. The molecule has 0 aliphatic carbocycles. The first-order valence-corrected chi connectivity index (χ1v) is 26.9. The third-order valence-corrected chi connectivity index (χ3v) is 12.7. The van der Waals surface area contributed by atoms with Crippen molar-refractivity contribution >= 4 is 5.91 Å². The van der Waals surface area contributed by atoms with Crippen LogP contribution in [0.3, 0.4) is 0 Å². The molecule has 6 N–H and O–H groups in total. The number of amides is 1. The standard InChI is InChI=1S/C55H101NO8/c1-3-5-7-9-11-13-15-17-18-19-20-21-22-23-24-25-26-27-28-29-30-31-33-34-36-38-40-42-44-49(58)48(47-63-55-54(62)53(61)52(60)50(46-57)64-55)56-51(59)45-43-41-39-37-35-32-16-14-12-10-8-6-4-2/h6,8,12,14,32,35,42,44,48-50,52-55,57-58,60-62H,3-5,7,9-11,13,15-31,33-34,36-41,43,45-47H2,1-2H3,(H,56,59)/b8-6-,14-12-,35-32-,44-42+. The lowest BCUT2D eigenvalue weighted by molar-refractivity contribution is -0.302. The largest absolute Gasteiger partial charge is 0.394 e. The molecule has 1 aliphatic heterocycles. The first kappa shape index (κ1) is 60.2. The lowest BCUT2D eigenvalue weighted by Crippen LogP contribution is -2.60. The fourth-order valence-corrected chi connectivity index (χ4v) is 8.41. The maximum absolute atomic E-state index is 13.0. The van der Waals surface area contributed by atoms with Crippen LogP contribution >= 0.6 is 0 Å². The van der Waals surface area contributed by atoms with E-state index in [1.807, 2.05) is 6.08 Å². The topological polar surface area (TPSA) is 149 Å². The van der Waals surface area contributed by atoms with Gasteiger partial charge in [-0.25, -0.2) is 0 Å². The van der Waals surface area contributed by atoms with Crippen LogP contribution in [-0.4, -0.2) is 87.5 Å². The van der Waals surface area contributed by atoms with E-state index in [0.717, 1.165) is 64.2 Å². The van der Waals surface area contributed by atoms with E-state index in [-0.39, 0.29) is 12.5 Å². The van der Waals surface area contributed by atoms with E-state index >= 15 is 0 Å². The SMILES string of the molecule is CC/C=C\C/C=C\C/C=C\CCCCCC(=O)NC(COC1OC(CO)C(O)C(O)C1O)C(O)/C=C/CCCCCCCCCCCCCCCCCCCCCCCCCCCC. The highest BCUT2D eigenvalue weighted by Crippen LogP contribution is 2.23. The average molecular weight is 904 g/mol. The van der Waals surface area contributed by atoms with Gasteiger partial charge >= 0.3 is 0 Å². The van der Waals surface area contributed by atoms with Gasteiger partial charge < -0.3 is 40.3 Å². The molecule has 374 valence electrons. The highest BCUT2D eigenvalue weighted by molar-refractivity contribution is 5.76. The number of hydrogen-bond acceptors (Lipinski definition) is 8. The number of carbonyl (C=O) groups is 1. The maximum atomic E-state index is 13.0. The Morgan fingerprint density at radius 1 is 0.547 bits per heavy atom. The van der Waals surface area contributed by atoms with Gasteiger partial charge in [0, 0.05) is 6.42 Å². The summed E-state index contributed by atoms with van der Waals surface area (Å²) in [4.78, 5) is 13.0. The van der Waals surface area contributed by atoms with Gasteiger partial charge in [0.25, 0.3) is 0 Å². The minimum absolute atomic E-state index is 0.201. The van der Waals surface area contributed by atoms with Crippen molar-refractivity contribution in [1.29, 1.82) is 0 Å². The Balaban J connectivity index is 2.21. The van der Waals surface area contributed by atoms with Crippen LogP contribution in [0.25, 0.3) is 0 Å². The van der Waals surface area contributed by atoms with Crippen molar-refractivity contribution in [1.82, 2.24) is 5.32 Å². The first-order valence-electron chi connectivity index (χ1n) is 26.9. The number of carbonyl (C=O) groups excluding carboxylic acids is 1. The van der Waals surface area contributed by atoms with Gasteiger partial charge in [0.15, 0.2) is 6.29 Å². The highest BCUT2D eigenvalue weighted by Gasteiger charge is 2.44. The summed E-state index contributed by atoms with van der Waals surface area (Å²) < 4.78 is 11.2. The van der Waals surface area contributed by atoms with Crippen LogP contribution in [0.2, 0.25) is 0 Å². The smallest absolute Gasteiger partial charge is 0.220 e. The summed E-state index contributed by atoms with van der Waals surface area (Å²) in [5, 5.41) is 54.3. The zero-order valence-electron chi connectivity index (χ0n) is 41.3. The summed E-state index contributed by atoms with van der Waals surface area (Å²) in [6.07, 6.45) is 51.9. The Labute approximate surface area is 393 Å². The molecule has 9 heteroatoms. The molecule has 0 aromatic heterocycles. The van der Waals surface area contributed by atoms with E-state index in [9.17, 15) is 30.3 Å². The van der Waals surface area contributed by atoms with Gasteiger partial charge in [-0.1, -0.05) is 229 Å². The van der Waals surface area contributed by atoms with E-state index in [4.69, 9.17) is 9.47 Å². The fraction of sp³-hybridized carbons (Fsp3) is 0.836. The number of allylic oxidation sites excluding steroid dienone is 7. The number of aliphatic hydroxyl groups excluding tert-OH is 5. The molecular formula is C55H101NO8. The molecule has 0 bridgehead atoms. The van der Waals surface area contributed by atoms with Crippen molar-refractivity contribution in [2.45, 2.75) is 281 Å². The van der Waals surface area contributed by atoms with Crippen molar-refractivity contribution in [3.63, 3.8) is 0 Å². The molecule has 1 amide bonds. The minimum atomic E-state index is -1.57. The number of rotatable bonds is 45. The van der Waals surface area contributed by atoms with Gasteiger partial charge in [0.2, 0.25) is 5.91 Å². The Hall–Kier alpha value is -1.85. The molecule has 0 aromatic carbocycles. The minimum Gasteiger partial charge on any atom is -0.394 e. The van der Waals surface area contributed by atoms with Crippen LogP contribution in [0, 0.1) is 0 Å². The lowest BCUT2D eigenvalue weighted by Gasteiger charge is -2.40. The van der Waals surface area contributed by atoms with E-state index in [0.29, 0.717) is 6.42 Å². The van der Waals surface area contributed by atoms with Crippen molar-refractivity contribution < 1.29 is 39.8 Å². The van der Waals surface area contributed by atoms with Gasteiger partial charge in [-0.2, -0.15) is 0 Å². The van der Waals surface area contributed by atoms with Gasteiger partial charge in [0.1, 0.15) is 24.4 Å². The second-order valence-electron chi connectivity index (χ2n) is 18.6. The highest BCUT2D eigenvalue weighted by atomic mass is 16.7. The number of ether oxygens (including phenoxy) is 2. The molecule has 0 spiro atoms. The second kappa shape index (κ2) is 45.0. The molecule has 1 rings (SSSR count). The summed E-state index contributed by atoms with van der Waals surface area (Å²) in [7, 11) is 0. The molecule has 7 unspecified atom stereocenters. The Morgan fingerprint density at radius 3 is 1.44 bits per heavy atom. The molecule has 1 heterocycles. The summed E-state index contributed by atoms with van der Waals surface area (Å²) in [6.45, 7) is 3.65. The molecular weight excluding hydrogens is 803 g/mol. The predicted molar refractivity (Wildman–Crippen MR) is 267 cm³/mol. The average Bonchev–Trinajstić information content (AvgIpc) is 3.29. The third-order valence-electron chi connectivity index (χ3n) is 12.7. The quantitative estimate of drug-likeness (QED) is 0.0261. The Kier molecular flexibility index (Phi) is 42.3. The molecule has 64 heavy (non-hydrogen) atoms. The monoisotopic (exact) mass is 904 g/mol. The number of aliphatic hydroxyl groups is 5. The molecule has 1 fully saturated rings. The predicted octanol–water partition coefficient (Wildman–Crippen LogP) is 12.6. The second-order valence-corrected chi connectivity index (χ2v) is 18.6. The lowest BCUT2D eigenvalue weighted by atomic mass is 9.99. The van der Waals surface area contributed by atoms with Crippen molar-refractivity contribution in [2.24, 2.45) is 0 Å². The van der Waals surface area contributed by atoms with Gasteiger partial charge in [0.05, 0.1) is 25.4 Å². The third kappa shape index (κ3) is 34.5. The van der Waals surface area contributed by atoms with Crippen LogP contribution < -0.4 is 5.32 Å². The van der Waals surface area contributed by atoms with Crippen molar-refractivity contribution in [3.8, 4) is 0 Å². The zero-order valence-corrected chi connectivity index (χ0v) is 41.3. The van der Waals surface area contributed by atoms with Crippen LogP contribution in [0.1, 0.15) is 239 Å². The molecule has 0 saturated carbocycles. The molecule has 9 nitrogen and oxygen atoms in total. The zero-order chi connectivity index (χ0) is 46.6. The maximum Gasteiger partial charge on any atom is 0.220 e. The molecule has 1 aliphatic rings.